The van der Waals surface area contributed by atoms with Gasteiger partial charge in [-0.25, -0.2) is 9.07 Å². The second-order valence-corrected chi connectivity index (χ2v) is 8.46. The first-order chi connectivity index (χ1) is 15.4. The summed E-state index contributed by atoms with van der Waals surface area (Å²) in [5.74, 6) is 0.392. The highest BCUT2D eigenvalue weighted by Crippen LogP contribution is 2.22. The SMILES string of the molecule is Cc1ccc(C)c(OCn2ccc(C(=O)N3CCN(Cc4c(F)cccc4Cl)CC3)n2)c1. The van der Waals surface area contributed by atoms with Crippen molar-refractivity contribution in [3.63, 3.8) is 0 Å². The first-order valence-electron chi connectivity index (χ1n) is 10.6. The van der Waals surface area contributed by atoms with Crippen LogP contribution in [0, 0.1) is 19.7 Å². The van der Waals surface area contributed by atoms with Gasteiger partial charge in [-0.05, 0) is 49.2 Å². The second-order valence-electron chi connectivity index (χ2n) is 8.05. The Labute approximate surface area is 192 Å². The van der Waals surface area contributed by atoms with Gasteiger partial charge in [-0.2, -0.15) is 5.10 Å². The molecule has 1 fully saturated rings. The van der Waals surface area contributed by atoms with Crippen molar-refractivity contribution in [2.75, 3.05) is 26.2 Å². The van der Waals surface area contributed by atoms with Gasteiger partial charge >= 0.3 is 0 Å². The van der Waals surface area contributed by atoms with Gasteiger partial charge in [0.25, 0.3) is 5.91 Å². The molecule has 0 saturated carbocycles. The largest absolute Gasteiger partial charge is 0.471 e. The number of carbonyl (C=O) groups excluding carboxylic acids is 1. The number of piperazine rings is 1. The molecule has 1 aliphatic rings. The molecule has 1 amide bonds. The summed E-state index contributed by atoms with van der Waals surface area (Å²) in [4.78, 5) is 16.7. The van der Waals surface area contributed by atoms with Gasteiger partial charge in [-0.3, -0.25) is 9.69 Å². The van der Waals surface area contributed by atoms with Crippen LogP contribution in [0.4, 0.5) is 4.39 Å². The molecule has 0 aliphatic carbocycles. The normalized spacial score (nSPS) is 14.6. The van der Waals surface area contributed by atoms with E-state index in [1.807, 2.05) is 32.0 Å². The molecule has 6 nitrogen and oxygen atoms in total. The molecule has 4 rings (SSSR count). The molecular formula is C24H26ClFN4O2. The standard InChI is InChI=1S/C24H26ClFN4O2/c1-17-6-7-18(2)23(14-17)32-16-30-9-8-22(27-30)24(31)29-12-10-28(11-13-29)15-19-20(25)4-3-5-21(19)26/h3-9,14H,10-13,15-16H2,1-2H3. The summed E-state index contributed by atoms with van der Waals surface area (Å²) < 4.78 is 21.5. The minimum atomic E-state index is -0.301. The highest BCUT2D eigenvalue weighted by atomic mass is 35.5. The Balaban J connectivity index is 1.31. The molecule has 2 aromatic carbocycles. The number of nitrogens with zero attached hydrogens (tertiary/aromatic N) is 4. The fourth-order valence-electron chi connectivity index (χ4n) is 3.72. The van der Waals surface area contributed by atoms with Crippen molar-refractivity contribution < 1.29 is 13.9 Å². The molecule has 0 bridgehead atoms. The summed E-state index contributed by atoms with van der Waals surface area (Å²) in [6, 6.07) is 12.5. The van der Waals surface area contributed by atoms with Crippen molar-refractivity contribution in [2.24, 2.45) is 0 Å². The molecule has 1 aliphatic heterocycles. The zero-order valence-electron chi connectivity index (χ0n) is 18.2. The van der Waals surface area contributed by atoms with Crippen LogP contribution in [-0.4, -0.2) is 51.7 Å². The number of carbonyl (C=O) groups is 1. The van der Waals surface area contributed by atoms with Crippen LogP contribution in [-0.2, 0) is 13.3 Å². The Morgan fingerprint density at radius 3 is 2.66 bits per heavy atom. The van der Waals surface area contributed by atoms with Gasteiger partial charge in [-0.15, -0.1) is 0 Å². The maximum atomic E-state index is 14.1. The van der Waals surface area contributed by atoms with Crippen LogP contribution in [0.1, 0.15) is 27.2 Å². The number of aromatic nitrogens is 2. The van der Waals surface area contributed by atoms with Gasteiger partial charge in [0.2, 0.25) is 0 Å². The van der Waals surface area contributed by atoms with Crippen molar-refractivity contribution in [2.45, 2.75) is 27.1 Å². The number of amides is 1. The molecule has 32 heavy (non-hydrogen) atoms. The topological polar surface area (TPSA) is 50.6 Å². The van der Waals surface area contributed by atoms with E-state index >= 15 is 0 Å². The van der Waals surface area contributed by atoms with Gasteiger partial charge in [0, 0.05) is 49.5 Å². The molecule has 0 spiro atoms. The molecule has 2 heterocycles. The summed E-state index contributed by atoms with van der Waals surface area (Å²) >= 11 is 6.14. The molecule has 0 atom stereocenters. The predicted octanol–water partition coefficient (Wildman–Crippen LogP) is 4.29. The molecule has 3 aromatic rings. The van der Waals surface area contributed by atoms with Crippen LogP contribution in [0.15, 0.2) is 48.7 Å². The van der Waals surface area contributed by atoms with Gasteiger partial charge in [0.1, 0.15) is 11.6 Å². The first kappa shape index (κ1) is 22.3. The summed E-state index contributed by atoms with van der Waals surface area (Å²) in [5, 5.41) is 4.81. The summed E-state index contributed by atoms with van der Waals surface area (Å²) in [6.07, 6.45) is 1.74. The van der Waals surface area contributed by atoms with Gasteiger partial charge in [0.15, 0.2) is 12.4 Å². The Kier molecular flexibility index (Phi) is 6.77. The minimum absolute atomic E-state index is 0.112. The quantitative estimate of drug-likeness (QED) is 0.555. The Hall–Kier alpha value is -2.90. The lowest BCUT2D eigenvalue weighted by Crippen LogP contribution is -2.48. The van der Waals surface area contributed by atoms with Crippen molar-refractivity contribution >= 4 is 17.5 Å². The van der Waals surface area contributed by atoms with Crippen molar-refractivity contribution in [1.82, 2.24) is 19.6 Å². The average molecular weight is 457 g/mol. The number of ether oxygens (including phenoxy) is 1. The number of halogens is 2. The van der Waals surface area contributed by atoms with E-state index in [0.29, 0.717) is 49.0 Å². The fraction of sp³-hybridized carbons (Fsp3) is 0.333. The lowest BCUT2D eigenvalue weighted by atomic mass is 10.1. The van der Waals surface area contributed by atoms with E-state index in [1.54, 1.807) is 34.0 Å². The van der Waals surface area contributed by atoms with Crippen LogP contribution in [0.2, 0.25) is 5.02 Å². The predicted molar refractivity (Wildman–Crippen MR) is 121 cm³/mol. The van der Waals surface area contributed by atoms with Gasteiger partial charge in [0.05, 0.1) is 0 Å². The summed E-state index contributed by atoms with van der Waals surface area (Å²) in [6.45, 7) is 7.06. The number of rotatable bonds is 6. The fourth-order valence-corrected chi connectivity index (χ4v) is 3.95. The lowest BCUT2D eigenvalue weighted by Gasteiger charge is -2.34. The maximum absolute atomic E-state index is 14.1. The second kappa shape index (κ2) is 9.71. The van der Waals surface area contributed by atoms with Gasteiger partial charge in [-0.1, -0.05) is 29.8 Å². The van der Waals surface area contributed by atoms with E-state index in [1.165, 1.54) is 6.07 Å². The molecule has 8 heteroatoms. The van der Waals surface area contributed by atoms with E-state index in [0.717, 1.165) is 16.9 Å². The molecule has 0 unspecified atom stereocenters. The number of hydrogen-bond acceptors (Lipinski definition) is 4. The molecule has 1 aromatic heterocycles. The Morgan fingerprint density at radius 1 is 1.12 bits per heavy atom. The van der Waals surface area contributed by atoms with E-state index in [9.17, 15) is 9.18 Å². The lowest BCUT2D eigenvalue weighted by molar-refractivity contribution is 0.0619. The van der Waals surface area contributed by atoms with E-state index in [4.69, 9.17) is 16.3 Å². The monoisotopic (exact) mass is 456 g/mol. The highest BCUT2D eigenvalue weighted by Gasteiger charge is 2.24. The van der Waals surface area contributed by atoms with Gasteiger partial charge < -0.3 is 9.64 Å². The summed E-state index contributed by atoms with van der Waals surface area (Å²) in [7, 11) is 0. The number of hydrogen-bond donors (Lipinski definition) is 0. The van der Waals surface area contributed by atoms with Crippen LogP contribution in [0.3, 0.4) is 0 Å². The molecular weight excluding hydrogens is 431 g/mol. The molecule has 168 valence electrons. The minimum Gasteiger partial charge on any atom is -0.471 e. The van der Waals surface area contributed by atoms with E-state index in [2.05, 4.69) is 10.00 Å². The third kappa shape index (κ3) is 5.11. The first-order valence-corrected chi connectivity index (χ1v) is 11.0. The average Bonchev–Trinajstić information content (AvgIpc) is 3.26. The summed E-state index contributed by atoms with van der Waals surface area (Å²) in [5.41, 5.74) is 3.06. The zero-order chi connectivity index (χ0) is 22.7. The zero-order valence-corrected chi connectivity index (χ0v) is 19.0. The Bertz CT molecular complexity index is 1090. The molecule has 0 radical (unpaired) electrons. The van der Waals surface area contributed by atoms with E-state index < -0.39 is 0 Å². The molecule has 0 N–H and O–H groups in total. The highest BCUT2D eigenvalue weighted by molar-refractivity contribution is 6.31. The maximum Gasteiger partial charge on any atom is 0.274 e. The third-order valence-electron chi connectivity index (χ3n) is 5.66. The van der Waals surface area contributed by atoms with Crippen molar-refractivity contribution in [3.05, 3.63) is 81.9 Å². The number of benzene rings is 2. The van der Waals surface area contributed by atoms with Crippen molar-refractivity contribution in [1.29, 1.82) is 0 Å². The van der Waals surface area contributed by atoms with Crippen molar-refractivity contribution in [3.8, 4) is 5.75 Å². The van der Waals surface area contributed by atoms with Crippen LogP contribution < -0.4 is 4.74 Å². The van der Waals surface area contributed by atoms with Crippen LogP contribution >= 0.6 is 11.6 Å². The van der Waals surface area contributed by atoms with E-state index in [-0.39, 0.29) is 18.5 Å². The third-order valence-corrected chi connectivity index (χ3v) is 6.01. The molecule has 1 saturated heterocycles. The van der Waals surface area contributed by atoms with Crippen LogP contribution in [0.25, 0.3) is 0 Å². The number of aryl methyl sites for hydroxylation is 2. The Morgan fingerprint density at radius 2 is 1.91 bits per heavy atom. The van der Waals surface area contributed by atoms with Crippen LogP contribution in [0.5, 0.6) is 5.75 Å². The smallest absolute Gasteiger partial charge is 0.274 e.